The largest absolute Gasteiger partial charge is 0.357 e. The molecule has 27 heavy (non-hydrogen) atoms. The molecule has 0 radical (unpaired) electrons. The minimum absolute atomic E-state index is 0.209. The molecule has 1 N–H and O–H groups in total. The van der Waals surface area contributed by atoms with Gasteiger partial charge in [0.15, 0.2) is 4.34 Å². The van der Waals surface area contributed by atoms with Gasteiger partial charge in [-0.3, -0.25) is 4.79 Å². The van der Waals surface area contributed by atoms with E-state index in [0.717, 1.165) is 28.9 Å². The lowest BCUT2D eigenvalue weighted by molar-refractivity contribution is -0.131. The molecule has 5 nitrogen and oxygen atoms in total. The Morgan fingerprint density at radius 3 is 3.00 bits per heavy atom. The Labute approximate surface area is 173 Å². The van der Waals surface area contributed by atoms with Gasteiger partial charge in [-0.1, -0.05) is 49.3 Å². The molecule has 4 rings (SSSR count). The summed E-state index contributed by atoms with van der Waals surface area (Å²) in [6.07, 6.45) is 8.33. The van der Waals surface area contributed by atoms with Crippen LogP contribution < -0.4 is 5.32 Å². The molecule has 2 aromatic rings. The molecular weight excluding hydrogens is 396 g/mol. The number of amides is 1. The number of carbonyl (C=O) groups excluding carboxylic acids is 1. The number of nitrogens with one attached hydrogen (secondary N) is 1. The van der Waals surface area contributed by atoms with Crippen LogP contribution in [0.3, 0.4) is 0 Å². The molecule has 1 atom stereocenters. The Hall–Kier alpha value is -1.12. The highest BCUT2D eigenvalue weighted by molar-refractivity contribution is 8.01. The first-order valence-electron chi connectivity index (χ1n) is 9.83. The fraction of sp³-hybridized carbons (Fsp3) is 0.632. The van der Waals surface area contributed by atoms with Gasteiger partial charge in [-0.05, 0) is 42.7 Å². The van der Waals surface area contributed by atoms with Crippen molar-refractivity contribution in [3.05, 3.63) is 21.9 Å². The van der Waals surface area contributed by atoms with Crippen molar-refractivity contribution < 1.29 is 4.79 Å². The Bertz CT molecular complexity index is 769. The van der Waals surface area contributed by atoms with E-state index in [1.807, 2.05) is 11.3 Å². The van der Waals surface area contributed by atoms with Crippen molar-refractivity contribution in [2.45, 2.75) is 68.3 Å². The predicted octanol–water partition coefficient (Wildman–Crippen LogP) is 4.97. The molecule has 0 saturated heterocycles. The third kappa shape index (κ3) is 4.49. The topological polar surface area (TPSA) is 58.1 Å². The number of thiophene rings is 1. The van der Waals surface area contributed by atoms with Gasteiger partial charge in [-0.15, -0.1) is 21.5 Å². The van der Waals surface area contributed by atoms with Crippen molar-refractivity contribution in [3.63, 3.8) is 0 Å². The maximum Gasteiger partial charge on any atom is 0.233 e. The zero-order valence-electron chi connectivity index (χ0n) is 15.6. The molecule has 2 aromatic heterocycles. The summed E-state index contributed by atoms with van der Waals surface area (Å²) in [6, 6.07) is 2.95. The first-order valence-corrected chi connectivity index (χ1v) is 12.5. The SMILES string of the molecule is CCC1c2ccsc2CCN1C(=O)CSc1nnc(NC2CCCCC2)s1. The number of hydrogen-bond donors (Lipinski definition) is 1. The molecule has 146 valence electrons. The Morgan fingerprint density at radius 1 is 1.33 bits per heavy atom. The third-order valence-corrected chi connectivity index (χ3v) is 8.43. The zero-order chi connectivity index (χ0) is 18.6. The molecule has 1 amide bonds. The number of hydrogen-bond acceptors (Lipinski definition) is 7. The molecule has 1 aliphatic carbocycles. The van der Waals surface area contributed by atoms with E-state index in [1.54, 1.807) is 11.3 Å². The lowest BCUT2D eigenvalue weighted by Gasteiger charge is -2.35. The molecule has 8 heteroatoms. The highest BCUT2D eigenvalue weighted by atomic mass is 32.2. The molecule has 2 aliphatic rings. The second-order valence-electron chi connectivity index (χ2n) is 7.20. The average molecular weight is 423 g/mol. The fourth-order valence-corrected chi connectivity index (χ4v) is 6.73. The third-order valence-electron chi connectivity index (χ3n) is 5.46. The molecule has 0 spiro atoms. The van der Waals surface area contributed by atoms with E-state index in [1.165, 1.54) is 54.3 Å². The van der Waals surface area contributed by atoms with Crippen LogP contribution in [0.5, 0.6) is 0 Å². The Balaban J connectivity index is 1.31. The number of aromatic nitrogens is 2. The van der Waals surface area contributed by atoms with E-state index < -0.39 is 0 Å². The van der Waals surface area contributed by atoms with Gasteiger partial charge in [0, 0.05) is 17.5 Å². The molecule has 1 saturated carbocycles. The number of fused-ring (bicyclic) bond motifs is 1. The summed E-state index contributed by atoms with van der Waals surface area (Å²) in [6.45, 7) is 2.99. The Morgan fingerprint density at radius 2 is 2.19 bits per heavy atom. The number of rotatable bonds is 6. The maximum atomic E-state index is 12.8. The normalized spacial score (nSPS) is 20.5. The molecule has 1 unspecified atom stereocenters. The van der Waals surface area contributed by atoms with Gasteiger partial charge in [-0.25, -0.2) is 0 Å². The van der Waals surface area contributed by atoms with Crippen LogP contribution in [0, 0.1) is 0 Å². The van der Waals surface area contributed by atoms with Gasteiger partial charge in [0.25, 0.3) is 0 Å². The lowest BCUT2D eigenvalue weighted by atomic mass is 9.96. The summed E-state index contributed by atoms with van der Waals surface area (Å²) < 4.78 is 0.878. The van der Waals surface area contributed by atoms with Crippen molar-refractivity contribution in [1.82, 2.24) is 15.1 Å². The smallest absolute Gasteiger partial charge is 0.233 e. The Kier molecular flexibility index (Phi) is 6.35. The van der Waals surface area contributed by atoms with E-state index in [2.05, 4.69) is 38.8 Å². The highest BCUT2D eigenvalue weighted by Gasteiger charge is 2.30. The minimum atomic E-state index is 0.209. The number of nitrogens with zero attached hydrogens (tertiary/aromatic N) is 3. The van der Waals surface area contributed by atoms with E-state index in [4.69, 9.17) is 0 Å². The van der Waals surface area contributed by atoms with E-state index >= 15 is 0 Å². The van der Waals surface area contributed by atoms with Crippen LogP contribution in [0.25, 0.3) is 0 Å². The van der Waals surface area contributed by atoms with Crippen LogP contribution in [0.4, 0.5) is 5.13 Å². The summed E-state index contributed by atoms with van der Waals surface area (Å²) in [5, 5.41) is 15.1. The minimum Gasteiger partial charge on any atom is -0.357 e. The van der Waals surface area contributed by atoms with E-state index in [9.17, 15) is 4.79 Å². The van der Waals surface area contributed by atoms with Crippen LogP contribution in [0.2, 0.25) is 0 Å². The van der Waals surface area contributed by atoms with Crippen molar-refractivity contribution in [1.29, 1.82) is 0 Å². The summed E-state index contributed by atoms with van der Waals surface area (Å²) >= 11 is 4.91. The van der Waals surface area contributed by atoms with Crippen LogP contribution in [0.1, 0.15) is 61.9 Å². The quantitative estimate of drug-likeness (QED) is 0.666. The molecule has 0 bridgehead atoms. The summed E-state index contributed by atoms with van der Waals surface area (Å²) in [5.41, 5.74) is 1.35. The first-order chi connectivity index (χ1) is 13.2. The summed E-state index contributed by atoms with van der Waals surface area (Å²) in [4.78, 5) is 16.4. The van der Waals surface area contributed by atoms with Crippen molar-refractivity contribution >= 4 is 45.5 Å². The molecule has 0 aromatic carbocycles. The first kappa shape index (κ1) is 19.2. The summed E-state index contributed by atoms with van der Waals surface area (Å²) in [7, 11) is 0. The fourth-order valence-electron chi connectivity index (χ4n) is 4.09. The zero-order valence-corrected chi connectivity index (χ0v) is 18.1. The lowest BCUT2D eigenvalue weighted by Crippen LogP contribution is -2.40. The van der Waals surface area contributed by atoms with Crippen LogP contribution in [-0.2, 0) is 11.2 Å². The second kappa shape index (κ2) is 8.92. The molecule has 1 fully saturated rings. The van der Waals surface area contributed by atoms with Crippen molar-refractivity contribution in [2.75, 3.05) is 17.6 Å². The van der Waals surface area contributed by atoms with Crippen molar-refractivity contribution in [2.24, 2.45) is 0 Å². The molecule has 3 heterocycles. The average Bonchev–Trinajstić information content (AvgIpc) is 3.35. The van der Waals surface area contributed by atoms with E-state index in [0.29, 0.717) is 11.8 Å². The monoisotopic (exact) mass is 422 g/mol. The number of anilines is 1. The van der Waals surface area contributed by atoms with Gasteiger partial charge in [0.05, 0.1) is 11.8 Å². The van der Waals surface area contributed by atoms with Gasteiger partial charge in [0.2, 0.25) is 11.0 Å². The highest BCUT2D eigenvalue weighted by Crippen LogP contribution is 2.36. The van der Waals surface area contributed by atoms with Gasteiger partial charge in [-0.2, -0.15) is 0 Å². The van der Waals surface area contributed by atoms with Gasteiger partial charge in [0.1, 0.15) is 0 Å². The standard InChI is InChI=1S/C19H26N4OS3/c1-2-15-14-9-11-25-16(14)8-10-23(15)17(24)12-26-19-22-21-18(27-19)20-13-6-4-3-5-7-13/h9,11,13,15H,2-8,10,12H2,1H3,(H,20,21). The number of thioether (sulfide) groups is 1. The van der Waals surface area contributed by atoms with Crippen LogP contribution >= 0.6 is 34.4 Å². The van der Waals surface area contributed by atoms with E-state index in [-0.39, 0.29) is 11.9 Å². The maximum absolute atomic E-state index is 12.8. The number of carbonyl (C=O) groups is 1. The van der Waals surface area contributed by atoms with Crippen LogP contribution in [-0.4, -0.2) is 39.3 Å². The molecular formula is C19H26N4OS3. The van der Waals surface area contributed by atoms with Crippen LogP contribution in [0.15, 0.2) is 15.8 Å². The second-order valence-corrected chi connectivity index (χ2v) is 10.4. The predicted molar refractivity (Wildman–Crippen MR) is 114 cm³/mol. The van der Waals surface area contributed by atoms with Gasteiger partial charge < -0.3 is 10.2 Å². The van der Waals surface area contributed by atoms with Crippen molar-refractivity contribution in [3.8, 4) is 0 Å². The summed E-state index contributed by atoms with van der Waals surface area (Å²) in [5.74, 6) is 0.647. The molecule has 1 aliphatic heterocycles. The van der Waals surface area contributed by atoms with Gasteiger partial charge >= 0.3 is 0 Å².